The van der Waals surface area contributed by atoms with Gasteiger partial charge in [-0.2, -0.15) is 0 Å². The van der Waals surface area contributed by atoms with Crippen LogP contribution in [0, 0.1) is 0 Å². The van der Waals surface area contributed by atoms with Gasteiger partial charge in [0.1, 0.15) is 6.04 Å². The van der Waals surface area contributed by atoms with Crippen molar-refractivity contribution in [1.29, 1.82) is 0 Å². The van der Waals surface area contributed by atoms with Crippen LogP contribution >= 0.6 is 0 Å². The van der Waals surface area contributed by atoms with Gasteiger partial charge in [-0.05, 0) is 36.1 Å². The van der Waals surface area contributed by atoms with Crippen molar-refractivity contribution in [1.82, 2.24) is 5.32 Å². The summed E-state index contributed by atoms with van der Waals surface area (Å²) < 4.78 is 10.9. The molecule has 0 aromatic heterocycles. The highest BCUT2D eigenvalue weighted by molar-refractivity contribution is 5.81. The number of primary amides is 1. The molecule has 0 bridgehead atoms. The Balaban J connectivity index is 1.51. The number of carbonyl (C=O) groups excluding carboxylic acids is 1. The fourth-order valence-electron chi connectivity index (χ4n) is 3.27. The van der Waals surface area contributed by atoms with Crippen LogP contribution in [-0.4, -0.2) is 19.2 Å². The molecule has 2 aromatic rings. The molecular formula is C19H20N2O3. The van der Waals surface area contributed by atoms with E-state index >= 15 is 0 Å². The number of hydrogen-bond acceptors (Lipinski definition) is 4. The molecular weight excluding hydrogens is 304 g/mol. The van der Waals surface area contributed by atoms with Gasteiger partial charge >= 0.3 is 0 Å². The Morgan fingerprint density at radius 1 is 1.12 bits per heavy atom. The van der Waals surface area contributed by atoms with E-state index < -0.39 is 6.04 Å². The second kappa shape index (κ2) is 5.83. The van der Waals surface area contributed by atoms with Gasteiger partial charge in [-0.1, -0.05) is 36.4 Å². The second-order valence-electron chi connectivity index (χ2n) is 6.48. The average Bonchev–Trinajstić information content (AvgIpc) is 3.24. The maximum absolute atomic E-state index is 11.9. The zero-order valence-electron chi connectivity index (χ0n) is 13.3. The van der Waals surface area contributed by atoms with E-state index in [0.29, 0.717) is 6.54 Å². The molecule has 1 atom stereocenters. The van der Waals surface area contributed by atoms with Crippen molar-refractivity contribution >= 4 is 5.91 Å². The predicted octanol–water partition coefficient (Wildman–Crippen LogP) is 2.26. The summed E-state index contributed by atoms with van der Waals surface area (Å²) in [6, 6.07) is 15.2. The third kappa shape index (κ3) is 2.71. The molecule has 0 radical (unpaired) electrons. The molecule has 2 aromatic carbocycles. The Morgan fingerprint density at radius 2 is 1.88 bits per heavy atom. The molecule has 1 aliphatic carbocycles. The number of nitrogens with one attached hydrogen (secondary N) is 1. The quantitative estimate of drug-likeness (QED) is 0.855. The molecule has 1 amide bonds. The maximum Gasteiger partial charge on any atom is 0.239 e. The van der Waals surface area contributed by atoms with Gasteiger partial charge in [-0.15, -0.1) is 0 Å². The Bertz CT molecular complexity index is 756. The van der Waals surface area contributed by atoms with Crippen molar-refractivity contribution < 1.29 is 14.3 Å². The third-order valence-electron chi connectivity index (χ3n) is 4.90. The van der Waals surface area contributed by atoms with Crippen molar-refractivity contribution in [3.8, 4) is 11.5 Å². The van der Waals surface area contributed by atoms with Gasteiger partial charge < -0.3 is 20.5 Å². The lowest BCUT2D eigenvalue weighted by atomic mass is 9.94. The van der Waals surface area contributed by atoms with Crippen LogP contribution in [0.15, 0.2) is 48.5 Å². The van der Waals surface area contributed by atoms with Gasteiger partial charge in [-0.25, -0.2) is 0 Å². The topological polar surface area (TPSA) is 73.6 Å². The van der Waals surface area contributed by atoms with Crippen molar-refractivity contribution in [2.75, 3.05) is 13.3 Å². The summed E-state index contributed by atoms with van der Waals surface area (Å²) in [6.07, 6.45) is 2.17. The van der Waals surface area contributed by atoms with Gasteiger partial charge in [0.05, 0.1) is 0 Å². The molecule has 5 heteroatoms. The molecule has 0 saturated heterocycles. The number of hydrogen-bond donors (Lipinski definition) is 2. The van der Waals surface area contributed by atoms with E-state index in [-0.39, 0.29) is 18.1 Å². The first-order valence-corrected chi connectivity index (χ1v) is 8.16. The first-order chi connectivity index (χ1) is 11.7. The zero-order chi connectivity index (χ0) is 16.6. The van der Waals surface area contributed by atoms with Crippen LogP contribution in [0.5, 0.6) is 11.5 Å². The number of ether oxygens (including phenoxy) is 2. The van der Waals surface area contributed by atoms with Crippen LogP contribution in [0.2, 0.25) is 0 Å². The Labute approximate surface area is 140 Å². The molecule has 0 spiro atoms. The monoisotopic (exact) mass is 324 g/mol. The van der Waals surface area contributed by atoms with E-state index in [4.69, 9.17) is 15.2 Å². The molecule has 1 aliphatic heterocycles. The van der Waals surface area contributed by atoms with Crippen LogP contribution in [0.25, 0.3) is 0 Å². The molecule has 2 aliphatic rings. The van der Waals surface area contributed by atoms with Crippen LogP contribution in [0.4, 0.5) is 0 Å². The summed E-state index contributed by atoms with van der Waals surface area (Å²) in [4.78, 5) is 11.9. The fraction of sp³-hybridized carbons (Fsp3) is 0.316. The highest BCUT2D eigenvalue weighted by Crippen LogP contribution is 2.50. The lowest BCUT2D eigenvalue weighted by Gasteiger charge is -2.22. The van der Waals surface area contributed by atoms with Crippen molar-refractivity contribution in [2.24, 2.45) is 5.73 Å². The van der Waals surface area contributed by atoms with Crippen molar-refractivity contribution in [3.05, 3.63) is 59.7 Å². The minimum Gasteiger partial charge on any atom is -0.454 e. The predicted molar refractivity (Wildman–Crippen MR) is 89.9 cm³/mol. The molecule has 1 saturated carbocycles. The van der Waals surface area contributed by atoms with Gasteiger partial charge in [0.2, 0.25) is 12.7 Å². The van der Waals surface area contributed by atoms with Gasteiger partial charge in [0.25, 0.3) is 0 Å². The largest absolute Gasteiger partial charge is 0.454 e. The molecule has 0 unspecified atom stereocenters. The zero-order valence-corrected chi connectivity index (χ0v) is 13.3. The average molecular weight is 324 g/mol. The Hall–Kier alpha value is -2.53. The molecule has 1 heterocycles. The van der Waals surface area contributed by atoms with E-state index in [1.54, 1.807) is 0 Å². The summed E-state index contributed by atoms with van der Waals surface area (Å²) in [5.74, 6) is 1.23. The van der Waals surface area contributed by atoms with E-state index in [0.717, 1.165) is 29.9 Å². The van der Waals surface area contributed by atoms with Crippen molar-refractivity contribution in [2.45, 2.75) is 24.3 Å². The minimum absolute atomic E-state index is 0.0451. The third-order valence-corrected chi connectivity index (χ3v) is 4.90. The van der Waals surface area contributed by atoms with Crippen LogP contribution in [0.1, 0.15) is 30.0 Å². The normalized spacial score (nSPS) is 18.2. The molecule has 4 rings (SSSR count). The molecule has 1 fully saturated rings. The van der Waals surface area contributed by atoms with Gasteiger partial charge in [-0.3, -0.25) is 4.79 Å². The summed E-state index contributed by atoms with van der Waals surface area (Å²) in [6.45, 7) is 0.983. The summed E-state index contributed by atoms with van der Waals surface area (Å²) in [5, 5.41) is 3.36. The summed E-state index contributed by atoms with van der Waals surface area (Å²) in [7, 11) is 0. The number of carbonyl (C=O) groups is 1. The molecule has 124 valence electrons. The van der Waals surface area contributed by atoms with E-state index in [1.807, 2.05) is 36.4 Å². The fourth-order valence-corrected chi connectivity index (χ4v) is 3.27. The SMILES string of the molecule is NC(=O)[C@H](NCC1(c2ccc3c(c2)OCO3)CC1)c1ccccc1. The number of fused-ring (bicyclic) bond motifs is 1. The highest BCUT2D eigenvalue weighted by Gasteiger charge is 2.45. The summed E-state index contributed by atoms with van der Waals surface area (Å²) in [5.41, 5.74) is 7.75. The van der Waals surface area contributed by atoms with Crippen LogP contribution < -0.4 is 20.5 Å². The number of benzene rings is 2. The molecule has 5 nitrogen and oxygen atoms in total. The lowest BCUT2D eigenvalue weighted by molar-refractivity contribution is -0.120. The number of amides is 1. The standard InChI is InChI=1S/C19H20N2O3/c20-18(22)17(13-4-2-1-3-5-13)21-11-19(8-9-19)14-6-7-15-16(10-14)24-12-23-15/h1-7,10,17,21H,8-9,11-12H2,(H2,20,22)/t17-/m1/s1. The first kappa shape index (κ1) is 15.0. The Morgan fingerprint density at radius 3 is 2.58 bits per heavy atom. The lowest BCUT2D eigenvalue weighted by Crippen LogP contribution is -2.38. The minimum atomic E-state index is -0.474. The maximum atomic E-state index is 11.9. The van der Waals surface area contributed by atoms with E-state index in [9.17, 15) is 4.79 Å². The van der Waals surface area contributed by atoms with E-state index in [1.165, 1.54) is 5.56 Å². The highest BCUT2D eigenvalue weighted by atomic mass is 16.7. The van der Waals surface area contributed by atoms with Crippen molar-refractivity contribution in [3.63, 3.8) is 0 Å². The van der Waals surface area contributed by atoms with Crippen LogP contribution in [0.3, 0.4) is 0 Å². The van der Waals surface area contributed by atoms with E-state index in [2.05, 4.69) is 17.4 Å². The Kier molecular flexibility index (Phi) is 3.65. The number of rotatable bonds is 6. The second-order valence-corrected chi connectivity index (χ2v) is 6.48. The van der Waals surface area contributed by atoms with Gasteiger partial charge in [0, 0.05) is 12.0 Å². The van der Waals surface area contributed by atoms with Crippen LogP contribution in [-0.2, 0) is 10.2 Å². The molecule has 24 heavy (non-hydrogen) atoms. The smallest absolute Gasteiger partial charge is 0.239 e. The molecule has 3 N–H and O–H groups in total. The first-order valence-electron chi connectivity index (χ1n) is 8.16. The summed E-state index contributed by atoms with van der Waals surface area (Å²) >= 11 is 0. The number of nitrogens with two attached hydrogens (primary N) is 1. The van der Waals surface area contributed by atoms with Gasteiger partial charge in [0.15, 0.2) is 11.5 Å².